The van der Waals surface area contributed by atoms with Crippen LogP contribution in [0, 0.1) is 0 Å². The van der Waals surface area contributed by atoms with Gasteiger partial charge < -0.3 is 14.1 Å². The van der Waals surface area contributed by atoms with Crippen LogP contribution in [0.25, 0.3) is 17.0 Å². The van der Waals surface area contributed by atoms with Gasteiger partial charge in [0.05, 0.1) is 19.4 Å². The minimum absolute atomic E-state index is 0.131. The van der Waals surface area contributed by atoms with Gasteiger partial charge in [-0.1, -0.05) is 23.2 Å². The minimum Gasteiger partial charge on any atom is -0.467 e. The monoisotopic (exact) mass is 415 g/mol. The SMILES string of the molecule is Clc1cc(Cl)cc(-c2nnc3ccc(N4CCOC(c5ccco5)C4)nn23)c1. The van der Waals surface area contributed by atoms with Crippen LogP contribution in [0.5, 0.6) is 0 Å². The molecule has 4 heterocycles. The molecule has 0 aliphatic carbocycles. The number of morpholine rings is 1. The van der Waals surface area contributed by atoms with Gasteiger partial charge in [0.1, 0.15) is 17.7 Å². The van der Waals surface area contributed by atoms with E-state index in [1.807, 2.05) is 24.3 Å². The fourth-order valence-electron chi connectivity index (χ4n) is 3.31. The molecule has 0 spiro atoms. The second-order valence-corrected chi connectivity index (χ2v) is 7.34. The molecule has 1 aromatic carbocycles. The number of aromatic nitrogens is 4. The van der Waals surface area contributed by atoms with Crippen molar-refractivity contribution in [3.8, 4) is 11.4 Å². The molecule has 28 heavy (non-hydrogen) atoms. The van der Waals surface area contributed by atoms with E-state index >= 15 is 0 Å². The van der Waals surface area contributed by atoms with Crippen molar-refractivity contribution in [3.63, 3.8) is 0 Å². The average molecular weight is 416 g/mol. The zero-order chi connectivity index (χ0) is 19.1. The highest BCUT2D eigenvalue weighted by atomic mass is 35.5. The Morgan fingerprint density at radius 3 is 2.68 bits per heavy atom. The lowest BCUT2D eigenvalue weighted by Crippen LogP contribution is -2.39. The van der Waals surface area contributed by atoms with E-state index in [2.05, 4.69) is 15.1 Å². The molecule has 0 amide bonds. The van der Waals surface area contributed by atoms with Crippen LogP contribution >= 0.6 is 23.2 Å². The normalized spacial score (nSPS) is 17.4. The molecule has 0 bridgehead atoms. The van der Waals surface area contributed by atoms with Crippen molar-refractivity contribution < 1.29 is 9.15 Å². The zero-order valence-electron chi connectivity index (χ0n) is 14.6. The van der Waals surface area contributed by atoms with Crippen molar-refractivity contribution in [3.05, 3.63) is 64.5 Å². The average Bonchev–Trinajstić information content (AvgIpc) is 3.37. The Hall–Kier alpha value is -2.61. The molecule has 1 aliphatic heterocycles. The van der Waals surface area contributed by atoms with Crippen LogP contribution in [0.3, 0.4) is 0 Å². The highest BCUT2D eigenvalue weighted by Gasteiger charge is 2.25. The summed E-state index contributed by atoms with van der Waals surface area (Å²) >= 11 is 12.3. The van der Waals surface area contributed by atoms with Crippen LogP contribution in [-0.4, -0.2) is 39.5 Å². The van der Waals surface area contributed by atoms with Crippen molar-refractivity contribution in [1.29, 1.82) is 0 Å². The fraction of sp³-hybridized carbons (Fsp3) is 0.211. The van der Waals surface area contributed by atoms with Crippen LogP contribution in [0.2, 0.25) is 10.0 Å². The van der Waals surface area contributed by atoms with E-state index in [0.29, 0.717) is 34.7 Å². The van der Waals surface area contributed by atoms with Gasteiger partial charge in [0.25, 0.3) is 0 Å². The number of hydrogen-bond acceptors (Lipinski definition) is 6. The second-order valence-electron chi connectivity index (χ2n) is 6.46. The molecule has 1 fully saturated rings. The van der Waals surface area contributed by atoms with E-state index in [9.17, 15) is 0 Å². The summed E-state index contributed by atoms with van der Waals surface area (Å²) in [6.45, 7) is 1.96. The van der Waals surface area contributed by atoms with Gasteiger partial charge in [0.15, 0.2) is 11.5 Å². The third kappa shape index (κ3) is 3.22. The van der Waals surface area contributed by atoms with Crippen LogP contribution in [0.15, 0.2) is 53.1 Å². The molecule has 4 aromatic rings. The first-order valence-electron chi connectivity index (χ1n) is 8.76. The van der Waals surface area contributed by atoms with Crippen LogP contribution in [-0.2, 0) is 4.74 Å². The lowest BCUT2D eigenvalue weighted by molar-refractivity contribution is 0.0254. The Labute approximate surface area is 170 Å². The lowest BCUT2D eigenvalue weighted by Gasteiger charge is -2.32. The van der Waals surface area contributed by atoms with Crippen molar-refractivity contribution in [2.24, 2.45) is 0 Å². The molecular formula is C19H15Cl2N5O2. The zero-order valence-corrected chi connectivity index (χ0v) is 16.1. The Morgan fingerprint density at radius 1 is 1.04 bits per heavy atom. The maximum Gasteiger partial charge on any atom is 0.185 e. The predicted octanol–water partition coefficient (Wildman–Crippen LogP) is 4.27. The summed E-state index contributed by atoms with van der Waals surface area (Å²) < 4.78 is 13.0. The molecule has 1 unspecified atom stereocenters. The van der Waals surface area contributed by atoms with Crippen molar-refractivity contribution in [2.45, 2.75) is 6.10 Å². The van der Waals surface area contributed by atoms with Crippen molar-refractivity contribution in [1.82, 2.24) is 19.8 Å². The number of fused-ring (bicyclic) bond motifs is 1. The number of anilines is 1. The summed E-state index contributed by atoms with van der Waals surface area (Å²) in [6, 6.07) is 12.9. The number of benzene rings is 1. The van der Waals surface area contributed by atoms with Gasteiger partial charge >= 0.3 is 0 Å². The maximum atomic E-state index is 6.14. The molecule has 1 aliphatic rings. The molecule has 1 atom stereocenters. The fourth-order valence-corrected chi connectivity index (χ4v) is 3.84. The number of furan rings is 1. The van der Waals surface area contributed by atoms with Crippen molar-refractivity contribution >= 4 is 34.7 Å². The van der Waals surface area contributed by atoms with Gasteiger partial charge in [-0.15, -0.1) is 15.3 Å². The van der Waals surface area contributed by atoms with E-state index in [1.165, 1.54) is 0 Å². The molecule has 0 radical (unpaired) electrons. The van der Waals surface area contributed by atoms with Gasteiger partial charge in [-0.25, -0.2) is 0 Å². The van der Waals surface area contributed by atoms with E-state index in [4.69, 9.17) is 37.5 Å². The van der Waals surface area contributed by atoms with E-state index in [1.54, 1.807) is 29.0 Å². The topological polar surface area (TPSA) is 68.7 Å². The Kier molecular flexibility index (Phi) is 4.43. The summed E-state index contributed by atoms with van der Waals surface area (Å²) in [5.74, 6) is 2.20. The summed E-state index contributed by atoms with van der Waals surface area (Å²) in [6.07, 6.45) is 1.52. The standard InChI is InChI=1S/C19H15Cl2N5O2/c20-13-8-12(9-14(21)10-13)19-23-22-17-3-4-18(24-26(17)19)25-5-7-28-16(11-25)15-2-1-6-27-15/h1-4,6,8-10,16H,5,7,11H2. The maximum absolute atomic E-state index is 6.14. The molecule has 0 saturated carbocycles. The molecular weight excluding hydrogens is 401 g/mol. The number of nitrogens with zero attached hydrogens (tertiary/aromatic N) is 5. The first-order valence-corrected chi connectivity index (χ1v) is 9.52. The third-order valence-corrected chi connectivity index (χ3v) is 5.06. The summed E-state index contributed by atoms with van der Waals surface area (Å²) in [5.41, 5.74) is 1.40. The van der Waals surface area contributed by atoms with Crippen molar-refractivity contribution in [2.75, 3.05) is 24.6 Å². The van der Waals surface area contributed by atoms with Gasteiger partial charge in [0.2, 0.25) is 0 Å². The van der Waals surface area contributed by atoms with Gasteiger partial charge in [-0.2, -0.15) is 4.52 Å². The van der Waals surface area contributed by atoms with Gasteiger partial charge in [0, 0.05) is 22.2 Å². The molecule has 0 N–H and O–H groups in total. The Morgan fingerprint density at radius 2 is 1.89 bits per heavy atom. The van der Waals surface area contributed by atoms with Crippen LogP contribution in [0.1, 0.15) is 11.9 Å². The smallest absolute Gasteiger partial charge is 0.185 e. The largest absolute Gasteiger partial charge is 0.467 e. The third-order valence-electron chi connectivity index (χ3n) is 4.62. The Balaban J connectivity index is 1.51. The van der Waals surface area contributed by atoms with Crippen LogP contribution < -0.4 is 4.90 Å². The summed E-state index contributed by atoms with van der Waals surface area (Å²) in [4.78, 5) is 2.16. The Bertz CT molecular complexity index is 1110. The van der Waals surface area contributed by atoms with Gasteiger partial charge in [-0.05, 0) is 42.5 Å². The first kappa shape index (κ1) is 17.5. The molecule has 3 aromatic heterocycles. The molecule has 9 heteroatoms. The molecule has 5 rings (SSSR count). The summed E-state index contributed by atoms with van der Waals surface area (Å²) in [5, 5.41) is 14.3. The molecule has 142 valence electrons. The number of halogens is 2. The predicted molar refractivity (Wildman–Crippen MR) is 106 cm³/mol. The number of hydrogen-bond donors (Lipinski definition) is 0. The quantitative estimate of drug-likeness (QED) is 0.497. The van der Waals surface area contributed by atoms with E-state index < -0.39 is 0 Å². The molecule has 1 saturated heterocycles. The number of ether oxygens (including phenoxy) is 1. The van der Waals surface area contributed by atoms with Gasteiger partial charge in [-0.3, -0.25) is 0 Å². The highest BCUT2D eigenvalue weighted by molar-refractivity contribution is 6.35. The molecule has 7 nitrogen and oxygen atoms in total. The minimum atomic E-state index is -0.131. The van der Waals surface area contributed by atoms with E-state index in [-0.39, 0.29) is 6.10 Å². The van der Waals surface area contributed by atoms with E-state index in [0.717, 1.165) is 23.7 Å². The number of rotatable bonds is 3. The second kappa shape index (κ2) is 7.09. The highest BCUT2D eigenvalue weighted by Crippen LogP contribution is 2.28. The lowest BCUT2D eigenvalue weighted by atomic mass is 10.2. The van der Waals surface area contributed by atoms with Crippen LogP contribution in [0.4, 0.5) is 5.82 Å². The first-order chi connectivity index (χ1) is 13.7. The summed E-state index contributed by atoms with van der Waals surface area (Å²) in [7, 11) is 0.